The zero-order chi connectivity index (χ0) is 12.4. The number of thioether (sulfide) groups is 1. The smallest absolute Gasteiger partial charge is 0.209 e. The molecule has 1 aromatic carbocycles. The van der Waals surface area contributed by atoms with E-state index in [9.17, 15) is 8.42 Å². The molecule has 0 fully saturated rings. The molecule has 0 amide bonds. The van der Waals surface area contributed by atoms with E-state index in [1.165, 1.54) is 30.2 Å². The Kier molecular flexibility index (Phi) is 4.88. The molecule has 0 aliphatic carbocycles. The minimum atomic E-state index is -3.45. The Hall–Kier alpha value is 0.440. The molecule has 0 unspecified atom stereocenters. The molecule has 16 heavy (non-hydrogen) atoms. The van der Waals surface area contributed by atoms with Crippen molar-refractivity contribution in [1.82, 2.24) is 4.31 Å². The van der Waals surface area contributed by atoms with Gasteiger partial charge in [-0.15, -0.1) is 0 Å². The maximum atomic E-state index is 12.0. The van der Waals surface area contributed by atoms with Crippen LogP contribution in [0.5, 0.6) is 0 Å². The summed E-state index contributed by atoms with van der Waals surface area (Å²) in [5.74, 6) is 0. The maximum Gasteiger partial charge on any atom is 0.249 e. The molecule has 0 aliphatic rings. The van der Waals surface area contributed by atoms with Gasteiger partial charge in [0.1, 0.15) is 0 Å². The van der Waals surface area contributed by atoms with Crippen LogP contribution in [0, 0.1) is 0 Å². The summed E-state index contributed by atoms with van der Waals surface area (Å²) in [6.07, 6.45) is 0. The van der Waals surface area contributed by atoms with Crippen molar-refractivity contribution < 1.29 is 8.42 Å². The van der Waals surface area contributed by atoms with Crippen LogP contribution in [0.25, 0.3) is 0 Å². The summed E-state index contributed by atoms with van der Waals surface area (Å²) in [5, 5.41) is 0. The summed E-state index contributed by atoms with van der Waals surface area (Å²) in [4.78, 5) is 0.863. The molecule has 0 heterocycles. The lowest BCUT2D eigenvalue weighted by atomic mass is 10.4. The molecule has 1 rings (SSSR count). The Bertz CT molecular complexity index is 446. The van der Waals surface area contributed by atoms with E-state index in [0.29, 0.717) is 0 Å². The quantitative estimate of drug-likeness (QED) is 0.587. The average molecular weight is 389 g/mol. The summed E-state index contributed by atoms with van der Waals surface area (Å²) >= 11 is 7.57. The van der Waals surface area contributed by atoms with E-state index in [0.717, 1.165) is 4.90 Å². The van der Waals surface area contributed by atoms with E-state index in [2.05, 4.69) is 31.9 Å². The molecule has 7 heteroatoms. The lowest BCUT2D eigenvalue weighted by Gasteiger charge is -2.24. The molecule has 0 N–H and O–H groups in total. The van der Waals surface area contributed by atoms with Crippen LogP contribution in [0.1, 0.15) is 0 Å². The van der Waals surface area contributed by atoms with E-state index >= 15 is 0 Å². The third-order valence-corrected chi connectivity index (χ3v) is 8.38. The van der Waals surface area contributed by atoms with E-state index in [4.69, 9.17) is 0 Å². The summed E-state index contributed by atoms with van der Waals surface area (Å²) < 4.78 is 23.9. The molecule has 0 saturated heterocycles. The number of sulfonamides is 1. The third kappa shape index (κ3) is 3.22. The average Bonchev–Trinajstić information content (AvgIpc) is 2.18. The molecular formula is C9H11Br2NO2S2. The van der Waals surface area contributed by atoms with Gasteiger partial charge in [0.05, 0.1) is 0 Å². The highest BCUT2D eigenvalue weighted by atomic mass is 79.9. The van der Waals surface area contributed by atoms with Crippen LogP contribution in [-0.4, -0.2) is 28.7 Å². The second-order valence-electron chi connectivity index (χ2n) is 3.17. The Balaban J connectivity index is 2.97. The fourth-order valence-electron chi connectivity index (χ4n) is 0.891. The van der Waals surface area contributed by atoms with Crippen molar-refractivity contribution in [2.75, 3.05) is 14.1 Å². The monoisotopic (exact) mass is 387 g/mol. The van der Waals surface area contributed by atoms with Crippen molar-refractivity contribution in [2.45, 2.75) is 6.79 Å². The first-order chi connectivity index (χ1) is 7.27. The second-order valence-corrected chi connectivity index (χ2v) is 12.5. The number of hydrogen-bond donors (Lipinski definition) is 0. The molecule has 0 bridgehead atoms. The van der Waals surface area contributed by atoms with Gasteiger partial charge in [-0.2, -0.15) is 0 Å². The molecular weight excluding hydrogens is 378 g/mol. The lowest BCUT2D eigenvalue weighted by molar-refractivity contribution is 0.523. The van der Waals surface area contributed by atoms with Crippen molar-refractivity contribution in [3.63, 3.8) is 0 Å². The Labute approximate surface area is 117 Å². The molecule has 3 nitrogen and oxygen atoms in total. The fraction of sp³-hybridized carbons (Fsp3) is 0.333. The van der Waals surface area contributed by atoms with E-state index < -0.39 is 11.9 Å². The molecule has 0 spiro atoms. The highest BCUT2D eigenvalue weighted by molar-refractivity contribution is 9.30. The number of halogens is 2. The van der Waals surface area contributed by atoms with Crippen LogP contribution in [0.15, 0.2) is 35.2 Å². The minimum absolute atomic E-state index is 0.863. The van der Waals surface area contributed by atoms with Crippen LogP contribution in [0.4, 0.5) is 0 Å². The van der Waals surface area contributed by atoms with Gasteiger partial charge in [0, 0.05) is 19.0 Å². The summed E-state index contributed by atoms with van der Waals surface area (Å²) in [6, 6.07) is 9.32. The van der Waals surface area contributed by atoms with Crippen LogP contribution >= 0.6 is 43.6 Å². The van der Waals surface area contributed by atoms with E-state index in [1.807, 2.05) is 30.3 Å². The van der Waals surface area contributed by atoms with E-state index in [1.54, 1.807) is 0 Å². The largest absolute Gasteiger partial charge is 0.249 e. The maximum absolute atomic E-state index is 12.0. The zero-order valence-corrected chi connectivity index (χ0v) is 13.5. The Morgan fingerprint density at radius 3 is 2.12 bits per heavy atom. The minimum Gasteiger partial charge on any atom is -0.209 e. The van der Waals surface area contributed by atoms with E-state index in [-0.39, 0.29) is 0 Å². The summed E-state index contributed by atoms with van der Waals surface area (Å²) in [7, 11) is -0.449. The van der Waals surface area contributed by atoms with Gasteiger partial charge in [0.2, 0.25) is 11.9 Å². The van der Waals surface area contributed by atoms with Crippen molar-refractivity contribution in [3.05, 3.63) is 30.3 Å². The van der Waals surface area contributed by atoms with Gasteiger partial charge < -0.3 is 0 Å². The third-order valence-electron chi connectivity index (χ3n) is 1.76. The molecule has 0 radical (unpaired) electrons. The van der Waals surface area contributed by atoms with Crippen molar-refractivity contribution in [2.24, 2.45) is 0 Å². The molecule has 0 aliphatic heterocycles. The standard InChI is InChI=1S/C9H11Br2NO2S2/c1-12(2)16(13,14)9(10,11)15-8-6-4-3-5-7-8/h3-7H,1-2H3. The van der Waals surface area contributed by atoms with Crippen LogP contribution in [-0.2, 0) is 10.0 Å². The summed E-state index contributed by atoms with van der Waals surface area (Å²) in [5.41, 5.74) is 0. The predicted octanol–water partition coefficient (Wildman–Crippen LogP) is 3.07. The zero-order valence-electron chi connectivity index (χ0n) is 8.72. The van der Waals surface area contributed by atoms with Crippen molar-refractivity contribution >= 4 is 53.6 Å². The van der Waals surface area contributed by atoms with Gasteiger partial charge in [-0.1, -0.05) is 30.0 Å². The number of benzene rings is 1. The fourth-order valence-corrected chi connectivity index (χ4v) is 5.90. The lowest BCUT2D eigenvalue weighted by Crippen LogP contribution is -2.34. The first kappa shape index (κ1) is 14.5. The first-order valence-electron chi connectivity index (χ1n) is 4.31. The Morgan fingerprint density at radius 2 is 1.69 bits per heavy atom. The number of hydrogen-bond acceptors (Lipinski definition) is 3. The highest BCUT2D eigenvalue weighted by Crippen LogP contribution is 2.48. The van der Waals surface area contributed by atoms with Gasteiger partial charge in [0.25, 0.3) is 0 Å². The predicted molar refractivity (Wildman–Crippen MR) is 75.5 cm³/mol. The number of nitrogens with zero attached hydrogens (tertiary/aromatic N) is 1. The molecule has 90 valence electrons. The molecule has 0 saturated carbocycles. The van der Waals surface area contributed by atoms with Crippen LogP contribution < -0.4 is 0 Å². The number of rotatable bonds is 4. The van der Waals surface area contributed by atoms with Gasteiger partial charge in [-0.05, 0) is 44.0 Å². The van der Waals surface area contributed by atoms with Gasteiger partial charge in [-0.3, -0.25) is 0 Å². The topological polar surface area (TPSA) is 37.4 Å². The number of alkyl halides is 2. The normalized spacial score (nSPS) is 13.1. The molecule has 0 aromatic heterocycles. The van der Waals surface area contributed by atoms with Gasteiger partial charge in [-0.25, -0.2) is 12.7 Å². The van der Waals surface area contributed by atoms with Gasteiger partial charge in [0.15, 0.2) is 0 Å². The Morgan fingerprint density at radius 1 is 1.19 bits per heavy atom. The molecule has 1 aromatic rings. The van der Waals surface area contributed by atoms with Crippen LogP contribution in [0.3, 0.4) is 0 Å². The second kappa shape index (κ2) is 5.39. The summed E-state index contributed by atoms with van der Waals surface area (Å²) in [6.45, 7) is 0. The highest BCUT2D eigenvalue weighted by Gasteiger charge is 2.41. The molecule has 0 atom stereocenters. The van der Waals surface area contributed by atoms with Crippen LogP contribution in [0.2, 0.25) is 0 Å². The first-order valence-corrected chi connectivity index (χ1v) is 8.15. The SMILES string of the molecule is CN(C)S(=O)(=O)C(Br)(Br)Sc1ccccc1. The van der Waals surface area contributed by atoms with Crippen molar-refractivity contribution in [1.29, 1.82) is 0 Å². The van der Waals surface area contributed by atoms with Gasteiger partial charge >= 0.3 is 0 Å². The van der Waals surface area contributed by atoms with Crippen molar-refractivity contribution in [3.8, 4) is 0 Å².